The van der Waals surface area contributed by atoms with Crippen LogP contribution in [0.25, 0.3) is 11.3 Å². The molecular formula is C27H31ClFN5O2. The third-order valence-corrected chi connectivity index (χ3v) is 6.43. The Labute approximate surface area is 220 Å². The van der Waals surface area contributed by atoms with E-state index in [1.807, 2.05) is 24.8 Å². The van der Waals surface area contributed by atoms with Gasteiger partial charge in [-0.25, -0.2) is 4.39 Å². The summed E-state index contributed by atoms with van der Waals surface area (Å²) >= 11 is 6.16. The highest BCUT2D eigenvalue weighted by atomic mass is 35.5. The average molecular weight is 515 g/mol. The molecule has 2 aromatic carbocycles. The van der Waals surface area contributed by atoms with Crippen LogP contribution in [0.5, 0.6) is 0 Å². The summed E-state index contributed by atoms with van der Waals surface area (Å²) in [6.07, 6.45) is 2.85. The van der Waals surface area contributed by atoms with Crippen molar-refractivity contribution < 1.29 is 18.1 Å². The number of benzene rings is 2. The zero-order valence-electron chi connectivity index (χ0n) is 23.5. The Morgan fingerprint density at radius 3 is 2.56 bits per heavy atom. The summed E-state index contributed by atoms with van der Waals surface area (Å²) in [5.74, 6) is -1.81. The van der Waals surface area contributed by atoms with Gasteiger partial charge in [0.15, 0.2) is 5.82 Å². The van der Waals surface area contributed by atoms with Crippen LogP contribution < -0.4 is 15.1 Å². The van der Waals surface area contributed by atoms with E-state index in [0.29, 0.717) is 35.2 Å². The van der Waals surface area contributed by atoms with Crippen LogP contribution in [0.2, 0.25) is 5.02 Å². The number of rotatable bonds is 6. The first kappa shape index (κ1) is 21.9. The van der Waals surface area contributed by atoms with E-state index in [1.165, 1.54) is 19.1 Å². The number of nitrogens with one attached hydrogen (secondary N) is 1. The number of halogens is 2. The number of amides is 2. The summed E-state index contributed by atoms with van der Waals surface area (Å²) in [6, 6.07) is 10.6. The van der Waals surface area contributed by atoms with E-state index in [4.69, 9.17) is 15.7 Å². The lowest BCUT2D eigenvalue weighted by Gasteiger charge is -2.33. The lowest BCUT2D eigenvalue weighted by molar-refractivity contribution is -0.114. The minimum Gasteiger partial charge on any atom is -0.370 e. The van der Waals surface area contributed by atoms with Crippen LogP contribution >= 0.6 is 11.6 Å². The SMILES string of the molecule is [2H]C([2H])([2H])N(C(=O)c1c(F)cccc1Cl)c1ccc(-c2cc(NC(C)=O)nn2C(C)C)cc1N1CCCCC1. The molecule has 9 heteroatoms. The first-order valence-electron chi connectivity index (χ1n) is 13.4. The zero-order chi connectivity index (χ0) is 28.5. The Balaban J connectivity index is 1.91. The normalized spacial score (nSPS) is 15.3. The summed E-state index contributed by atoms with van der Waals surface area (Å²) in [5.41, 5.74) is 1.59. The molecule has 1 N–H and O–H groups in total. The zero-order valence-corrected chi connectivity index (χ0v) is 21.3. The first-order valence-corrected chi connectivity index (χ1v) is 12.3. The molecular weight excluding hydrogens is 481 g/mol. The first-order chi connectivity index (χ1) is 18.4. The molecule has 2 amide bonds. The molecule has 0 spiro atoms. The van der Waals surface area contributed by atoms with Gasteiger partial charge in [-0.15, -0.1) is 0 Å². The van der Waals surface area contributed by atoms with Gasteiger partial charge in [0.25, 0.3) is 5.91 Å². The van der Waals surface area contributed by atoms with Crippen molar-refractivity contribution in [1.29, 1.82) is 0 Å². The maximum absolute atomic E-state index is 14.8. The van der Waals surface area contributed by atoms with Gasteiger partial charge in [0.2, 0.25) is 5.91 Å². The number of nitrogens with zero attached hydrogens (tertiary/aromatic N) is 4. The number of aromatic nitrogens is 2. The van der Waals surface area contributed by atoms with Gasteiger partial charge < -0.3 is 15.1 Å². The van der Waals surface area contributed by atoms with Gasteiger partial charge in [0.05, 0.1) is 27.7 Å². The average Bonchev–Trinajstić information content (AvgIpc) is 3.27. The monoisotopic (exact) mass is 514 g/mol. The molecule has 190 valence electrons. The van der Waals surface area contributed by atoms with Crippen molar-refractivity contribution in [2.75, 3.05) is 35.2 Å². The Hall–Kier alpha value is -3.39. The van der Waals surface area contributed by atoms with E-state index in [2.05, 4.69) is 10.4 Å². The molecule has 2 heterocycles. The number of hydrogen-bond donors (Lipinski definition) is 1. The predicted octanol–water partition coefficient (Wildman–Crippen LogP) is 6.15. The van der Waals surface area contributed by atoms with E-state index in [9.17, 15) is 14.0 Å². The van der Waals surface area contributed by atoms with Crippen molar-refractivity contribution >= 4 is 40.6 Å². The molecule has 0 aliphatic carbocycles. The van der Waals surface area contributed by atoms with Crippen LogP contribution in [0.1, 0.15) is 60.5 Å². The Kier molecular flexibility index (Phi) is 6.50. The van der Waals surface area contributed by atoms with Crippen LogP contribution in [-0.4, -0.2) is 41.7 Å². The second-order valence-electron chi connectivity index (χ2n) is 9.12. The highest BCUT2D eigenvalue weighted by molar-refractivity contribution is 6.34. The van der Waals surface area contributed by atoms with Gasteiger partial charge in [-0.1, -0.05) is 23.7 Å². The molecule has 0 atom stereocenters. The number of hydrogen-bond acceptors (Lipinski definition) is 4. The van der Waals surface area contributed by atoms with Gasteiger partial charge in [-0.05, 0) is 57.4 Å². The van der Waals surface area contributed by atoms with Crippen LogP contribution in [0.15, 0.2) is 42.5 Å². The molecule has 1 aliphatic heterocycles. The Morgan fingerprint density at radius 1 is 1.17 bits per heavy atom. The maximum atomic E-state index is 14.8. The van der Waals surface area contributed by atoms with Crippen LogP contribution in [-0.2, 0) is 4.79 Å². The van der Waals surface area contributed by atoms with Gasteiger partial charge in [0, 0.05) is 48.8 Å². The van der Waals surface area contributed by atoms with Crippen molar-refractivity contribution in [3.8, 4) is 11.3 Å². The molecule has 1 aromatic heterocycles. The van der Waals surface area contributed by atoms with Crippen molar-refractivity contribution in [2.24, 2.45) is 0 Å². The van der Waals surface area contributed by atoms with Crippen LogP contribution in [0.3, 0.4) is 0 Å². The lowest BCUT2D eigenvalue weighted by atomic mass is 10.0. The number of piperidine rings is 1. The number of carbonyl (C=O) groups is 2. The molecule has 1 saturated heterocycles. The fourth-order valence-electron chi connectivity index (χ4n) is 4.43. The summed E-state index contributed by atoms with van der Waals surface area (Å²) in [4.78, 5) is 28.0. The van der Waals surface area contributed by atoms with Gasteiger partial charge in [-0.3, -0.25) is 14.3 Å². The molecule has 0 saturated carbocycles. The fraction of sp³-hybridized carbons (Fsp3) is 0.370. The summed E-state index contributed by atoms with van der Waals surface area (Å²) in [6.45, 7) is 3.73. The quantitative estimate of drug-likeness (QED) is 0.428. The molecule has 7 nitrogen and oxygen atoms in total. The van der Waals surface area contributed by atoms with E-state index in [0.717, 1.165) is 30.9 Å². The fourth-order valence-corrected chi connectivity index (χ4v) is 4.67. The number of carbonyl (C=O) groups excluding carboxylic acids is 2. The second-order valence-corrected chi connectivity index (χ2v) is 9.53. The van der Waals surface area contributed by atoms with Crippen LogP contribution in [0, 0.1) is 5.82 Å². The van der Waals surface area contributed by atoms with E-state index in [1.54, 1.807) is 22.9 Å². The van der Waals surface area contributed by atoms with Gasteiger partial charge in [0.1, 0.15) is 5.82 Å². The Morgan fingerprint density at radius 2 is 1.92 bits per heavy atom. The Bertz CT molecular complexity index is 1370. The summed E-state index contributed by atoms with van der Waals surface area (Å²) < 4.78 is 41.2. The molecule has 1 fully saturated rings. The highest BCUT2D eigenvalue weighted by Crippen LogP contribution is 2.37. The van der Waals surface area contributed by atoms with Gasteiger partial charge in [-0.2, -0.15) is 5.10 Å². The topological polar surface area (TPSA) is 70.5 Å². The van der Waals surface area contributed by atoms with E-state index >= 15 is 0 Å². The smallest absolute Gasteiger partial charge is 0.262 e. The van der Waals surface area contributed by atoms with Crippen molar-refractivity contribution in [2.45, 2.75) is 46.1 Å². The third kappa shape index (κ3) is 5.23. The van der Waals surface area contributed by atoms with Crippen LogP contribution in [0.4, 0.5) is 21.6 Å². The van der Waals surface area contributed by atoms with E-state index < -0.39 is 24.3 Å². The van der Waals surface area contributed by atoms with Gasteiger partial charge >= 0.3 is 0 Å². The van der Waals surface area contributed by atoms with E-state index in [-0.39, 0.29) is 22.7 Å². The molecule has 0 bridgehead atoms. The second kappa shape index (κ2) is 10.7. The molecule has 4 rings (SSSR count). The molecule has 3 aromatic rings. The third-order valence-electron chi connectivity index (χ3n) is 6.12. The number of anilines is 3. The summed E-state index contributed by atoms with van der Waals surface area (Å²) in [7, 11) is 0. The maximum Gasteiger partial charge on any atom is 0.262 e. The molecule has 0 unspecified atom stereocenters. The standard InChI is InChI=1S/C27H31ClFN5O2/c1-17(2)34-23(16-25(31-34)30-18(3)35)19-11-12-22(24(15-19)33-13-6-5-7-14-33)32(4)27(36)26-20(28)9-8-10-21(26)29/h8-12,15-17H,5-7,13-14H2,1-4H3,(H,30,31,35)/i4D3. The highest BCUT2D eigenvalue weighted by Gasteiger charge is 2.25. The molecule has 1 aliphatic rings. The van der Waals surface area contributed by atoms with Crippen molar-refractivity contribution in [3.05, 3.63) is 58.9 Å². The molecule has 36 heavy (non-hydrogen) atoms. The largest absolute Gasteiger partial charge is 0.370 e. The predicted molar refractivity (Wildman–Crippen MR) is 143 cm³/mol. The van der Waals surface area contributed by atoms with Crippen molar-refractivity contribution in [3.63, 3.8) is 0 Å². The minimum atomic E-state index is -2.92. The lowest BCUT2D eigenvalue weighted by Crippen LogP contribution is -2.33. The summed E-state index contributed by atoms with van der Waals surface area (Å²) in [5, 5.41) is 7.05. The molecule has 0 radical (unpaired) electrons. The van der Waals surface area contributed by atoms with Crippen molar-refractivity contribution in [1.82, 2.24) is 9.78 Å². The minimum absolute atomic E-state index is 0.0377.